The lowest BCUT2D eigenvalue weighted by Gasteiger charge is -2.10. The van der Waals surface area contributed by atoms with Gasteiger partial charge >= 0.3 is 6.18 Å². The van der Waals surface area contributed by atoms with E-state index in [0.29, 0.717) is 22.9 Å². The molecule has 0 saturated heterocycles. The molecule has 2 N–H and O–H groups in total. The van der Waals surface area contributed by atoms with E-state index in [-0.39, 0.29) is 10.9 Å². The molecule has 3 rings (SSSR count). The monoisotopic (exact) mass is 464 g/mol. The number of halogens is 4. The lowest BCUT2D eigenvalue weighted by molar-refractivity contribution is -0.137. The van der Waals surface area contributed by atoms with Gasteiger partial charge in [0.05, 0.1) is 11.8 Å². The van der Waals surface area contributed by atoms with Crippen LogP contribution >= 0.6 is 23.4 Å². The Kier molecular flexibility index (Phi) is 7.54. The molecule has 0 spiro atoms. The Bertz CT molecular complexity index is 1070. The van der Waals surface area contributed by atoms with Crippen LogP contribution in [0, 0.1) is 0 Å². The molecule has 3 aromatic rings. The number of rotatable bonds is 6. The van der Waals surface area contributed by atoms with Crippen LogP contribution < -0.4 is 10.5 Å². The van der Waals surface area contributed by atoms with Crippen molar-refractivity contribution in [2.45, 2.75) is 11.9 Å². The van der Waals surface area contributed by atoms with E-state index in [0.717, 1.165) is 17.2 Å². The number of benzene rings is 2. The van der Waals surface area contributed by atoms with Crippen LogP contribution in [0.1, 0.15) is 16.7 Å². The molecule has 2 aromatic carbocycles. The van der Waals surface area contributed by atoms with E-state index in [9.17, 15) is 13.2 Å². The first-order chi connectivity index (χ1) is 14.8. The van der Waals surface area contributed by atoms with Crippen molar-refractivity contribution in [2.24, 2.45) is 15.9 Å². The zero-order valence-corrected chi connectivity index (χ0v) is 17.5. The molecule has 1 aromatic heterocycles. The highest BCUT2D eigenvalue weighted by molar-refractivity contribution is 8.13. The number of thioether (sulfide) groups is 1. The van der Waals surface area contributed by atoms with Crippen molar-refractivity contribution in [1.82, 2.24) is 4.98 Å². The molecule has 5 nitrogen and oxygen atoms in total. The topological polar surface area (TPSA) is 72.9 Å². The van der Waals surface area contributed by atoms with Gasteiger partial charge in [-0.05, 0) is 41.5 Å². The maximum Gasteiger partial charge on any atom is 0.417 e. The number of alkyl halides is 3. The average molecular weight is 465 g/mol. The van der Waals surface area contributed by atoms with Crippen LogP contribution in [0.4, 0.5) is 13.2 Å². The second-order valence-electron chi connectivity index (χ2n) is 6.14. The molecule has 1 heterocycles. The van der Waals surface area contributed by atoms with Gasteiger partial charge < -0.3 is 10.5 Å². The average Bonchev–Trinajstić information content (AvgIpc) is 2.75. The molecule has 0 atom stereocenters. The molecule has 10 heteroatoms. The van der Waals surface area contributed by atoms with Crippen LogP contribution in [0.5, 0.6) is 11.6 Å². The Labute approximate surface area is 185 Å². The molecule has 0 saturated carbocycles. The number of hydrogen-bond acceptors (Lipinski definition) is 5. The molecule has 0 unspecified atom stereocenters. The van der Waals surface area contributed by atoms with E-state index in [1.165, 1.54) is 18.0 Å². The molecule has 0 aliphatic rings. The van der Waals surface area contributed by atoms with Gasteiger partial charge in [0.25, 0.3) is 0 Å². The van der Waals surface area contributed by atoms with Crippen LogP contribution in [-0.4, -0.2) is 16.4 Å². The first kappa shape index (κ1) is 22.6. The van der Waals surface area contributed by atoms with E-state index < -0.39 is 11.7 Å². The molecule has 0 aliphatic heterocycles. The first-order valence-electron chi connectivity index (χ1n) is 8.85. The minimum Gasteiger partial charge on any atom is -0.438 e. The summed E-state index contributed by atoms with van der Waals surface area (Å²) in [6, 6.07) is 17.2. The first-order valence-corrected chi connectivity index (χ1v) is 10.2. The number of ether oxygens (including phenoxy) is 1. The van der Waals surface area contributed by atoms with Crippen molar-refractivity contribution >= 4 is 34.7 Å². The quantitative estimate of drug-likeness (QED) is 0.270. The highest BCUT2D eigenvalue weighted by atomic mass is 35.5. The third-order valence-corrected chi connectivity index (χ3v) is 4.95. The predicted molar refractivity (Wildman–Crippen MR) is 118 cm³/mol. The number of hydrogen-bond donors (Lipinski definition) is 1. The summed E-state index contributed by atoms with van der Waals surface area (Å²) in [6.07, 6.45) is -2.34. The maximum atomic E-state index is 12.7. The highest BCUT2D eigenvalue weighted by Crippen LogP contribution is 2.34. The summed E-state index contributed by atoms with van der Waals surface area (Å²) in [6.45, 7) is 0. The third kappa shape index (κ3) is 7.01. The van der Waals surface area contributed by atoms with Crippen molar-refractivity contribution in [3.63, 3.8) is 0 Å². The van der Waals surface area contributed by atoms with Gasteiger partial charge in [-0.25, -0.2) is 4.98 Å². The largest absolute Gasteiger partial charge is 0.438 e. The predicted octanol–water partition coefficient (Wildman–Crippen LogP) is 6.13. The highest BCUT2D eigenvalue weighted by Gasteiger charge is 2.31. The fraction of sp³-hybridized carbons (Fsp3) is 0.0952. The Hall–Kier alpha value is -3.04. The van der Waals surface area contributed by atoms with E-state index in [4.69, 9.17) is 22.1 Å². The lowest BCUT2D eigenvalue weighted by atomic mass is 10.2. The van der Waals surface area contributed by atoms with Crippen LogP contribution in [0.25, 0.3) is 0 Å². The minimum absolute atomic E-state index is 0.121. The summed E-state index contributed by atoms with van der Waals surface area (Å²) in [5.41, 5.74) is 6.75. The summed E-state index contributed by atoms with van der Waals surface area (Å²) in [5, 5.41) is 7.99. The van der Waals surface area contributed by atoms with Gasteiger partial charge in [0.15, 0.2) is 5.17 Å². The zero-order valence-electron chi connectivity index (χ0n) is 15.9. The van der Waals surface area contributed by atoms with Crippen LogP contribution in [0.2, 0.25) is 5.02 Å². The van der Waals surface area contributed by atoms with Crippen molar-refractivity contribution in [1.29, 1.82) is 0 Å². The fourth-order valence-electron chi connectivity index (χ4n) is 2.30. The summed E-state index contributed by atoms with van der Waals surface area (Å²) in [4.78, 5) is 3.64. The van der Waals surface area contributed by atoms with Crippen LogP contribution in [0.3, 0.4) is 0 Å². The zero-order chi connectivity index (χ0) is 22.3. The van der Waals surface area contributed by atoms with Gasteiger partial charge in [-0.1, -0.05) is 53.7 Å². The second kappa shape index (κ2) is 10.3. The van der Waals surface area contributed by atoms with Crippen LogP contribution in [0.15, 0.2) is 77.1 Å². The Morgan fingerprint density at radius 3 is 2.48 bits per heavy atom. The van der Waals surface area contributed by atoms with E-state index >= 15 is 0 Å². The summed E-state index contributed by atoms with van der Waals surface area (Å²) in [5.74, 6) is 0.926. The number of amidine groups is 1. The lowest BCUT2D eigenvalue weighted by Crippen LogP contribution is -2.06. The van der Waals surface area contributed by atoms with Crippen LogP contribution in [-0.2, 0) is 11.9 Å². The Morgan fingerprint density at radius 1 is 1.13 bits per heavy atom. The van der Waals surface area contributed by atoms with Gasteiger partial charge in [0, 0.05) is 11.9 Å². The van der Waals surface area contributed by atoms with Crippen molar-refractivity contribution in [3.05, 3.63) is 88.6 Å². The number of nitrogens with two attached hydrogens (primary N) is 1. The third-order valence-electron chi connectivity index (χ3n) is 3.82. The molecule has 0 amide bonds. The van der Waals surface area contributed by atoms with E-state index in [2.05, 4.69) is 15.2 Å². The minimum atomic E-state index is -4.53. The van der Waals surface area contributed by atoms with Gasteiger partial charge in [0.2, 0.25) is 5.88 Å². The van der Waals surface area contributed by atoms with Gasteiger partial charge in [-0.3, -0.25) is 0 Å². The molecule has 0 fully saturated rings. The fourth-order valence-corrected chi connectivity index (χ4v) is 3.12. The number of nitrogens with zero attached hydrogens (tertiary/aromatic N) is 3. The molecule has 160 valence electrons. The van der Waals surface area contributed by atoms with Crippen molar-refractivity contribution in [2.75, 3.05) is 0 Å². The Morgan fingerprint density at radius 2 is 1.84 bits per heavy atom. The SMILES string of the molecule is NC(=NN=Cc1ccc(Oc2ncc(C(F)(F)F)cc2Cl)cc1)SCc1ccccc1. The van der Waals surface area contributed by atoms with Gasteiger partial charge in [0.1, 0.15) is 10.8 Å². The summed E-state index contributed by atoms with van der Waals surface area (Å²) in [7, 11) is 0. The normalized spacial score (nSPS) is 12.3. The van der Waals surface area contributed by atoms with E-state index in [1.54, 1.807) is 24.3 Å². The van der Waals surface area contributed by atoms with Gasteiger partial charge in [-0.15, -0.1) is 5.10 Å². The molecule has 0 radical (unpaired) electrons. The second-order valence-corrected chi connectivity index (χ2v) is 7.54. The molecular formula is C21H16ClF3N4OS. The summed E-state index contributed by atoms with van der Waals surface area (Å²) >= 11 is 7.22. The molecule has 0 bridgehead atoms. The molecule has 31 heavy (non-hydrogen) atoms. The smallest absolute Gasteiger partial charge is 0.417 e. The summed E-state index contributed by atoms with van der Waals surface area (Å²) < 4.78 is 43.5. The Balaban J connectivity index is 1.56. The number of aromatic nitrogens is 1. The van der Waals surface area contributed by atoms with Crippen molar-refractivity contribution < 1.29 is 17.9 Å². The standard InChI is InChI=1S/C21H16ClF3N4OS/c22-18-10-16(21(23,24)25)12-27-19(18)30-17-8-6-14(7-9-17)11-28-29-20(26)31-13-15-4-2-1-3-5-15/h1-12H,13H2,(H2,26,29). The number of pyridine rings is 1. The van der Waals surface area contributed by atoms with E-state index in [1.807, 2.05) is 30.3 Å². The van der Waals surface area contributed by atoms with Gasteiger partial charge in [-0.2, -0.15) is 18.3 Å². The van der Waals surface area contributed by atoms with Crippen molar-refractivity contribution in [3.8, 4) is 11.6 Å². The molecular weight excluding hydrogens is 449 g/mol. The molecule has 0 aliphatic carbocycles. The maximum absolute atomic E-state index is 12.7.